The quantitative estimate of drug-likeness (QED) is 0.800. The van der Waals surface area contributed by atoms with Gasteiger partial charge in [-0.1, -0.05) is 13.8 Å². The van der Waals surface area contributed by atoms with Crippen LogP contribution in [0.5, 0.6) is 0 Å². The maximum Gasteiger partial charge on any atom is 0.343 e. The molecule has 6 heteroatoms. The van der Waals surface area contributed by atoms with Gasteiger partial charge in [-0.2, -0.15) is 5.26 Å². The SMILES string of the molecule is CCOC(=O)c1c(NCC(C)C)sc(C#N)c1N. The standard InChI is InChI=1S/C12H17N3O2S/c1-4-17-12(16)9-10(14)8(5-13)18-11(9)15-6-7(2)3/h7,15H,4,6,14H2,1-3H3. The zero-order valence-corrected chi connectivity index (χ0v) is 11.6. The van der Waals surface area contributed by atoms with Crippen molar-refractivity contribution in [2.45, 2.75) is 20.8 Å². The summed E-state index contributed by atoms with van der Waals surface area (Å²) in [6.07, 6.45) is 0. The first-order chi connectivity index (χ1) is 8.51. The number of anilines is 2. The summed E-state index contributed by atoms with van der Waals surface area (Å²) in [6.45, 7) is 6.82. The number of nitrogens with zero attached hydrogens (tertiary/aromatic N) is 1. The molecule has 5 nitrogen and oxygen atoms in total. The molecule has 1 heterocycles. The van der Waals surface area contributed by atoms with E-state index in [-0.39, 0.29) is 17.9 Å². The summed E-state index contributed by atoms with van der Waals surface area (Å²) >= 11 is 1.18. The van der Waals surface area contributed by atoms with Gasteiger partial charge in [-0.25, -0.2) is 4.79 Å². The van der Waals surface area contributed by atoms with Gasteiger partial charge in [-0.15, -0.1) is 11.3 Å². The number of ether oxygens (including phenoxy) is 1. The third kappa shape index (κ3) is 3.14. The molecule has 0 aromatic carbocycles. The molecular formula is C12H17N3O2S. The second kappa shape index (κ2) is 6.26. The molecule has 0 amide bonds. The Morgan fingerprint density at radius 3 is 2.78 bits per heavy atom. The molecule has 0 saturated carbocycles. The van der Waals surface area contributed by atoms with Crippen LogP contribution in [0.3, 0.4) is 0 Å². The van der Waals surface area contributed by atoms with E-state index < -0.39 is 5.97 Å². The van der Waals surface area contributed by atoms with Gasteiger partial charge in [0, 0.05) is 6.54 Å². The maximum atomic E-state index is 11.8. The first-order valence-corrected chi connectivity index (χ1v) is 6.56. The van der Waals surface area contributed by atoms with Crippen molar-refractivity contribution in [3.63, 3.8) is 0 Å². The molecule has 1 rings (SSSR count). The lowest BCUT2D eigenvalue weighted by molar-refractivity contribution is 0.0529. The predicted molar refractivity (Wildman–Crippen MR) is 72.7 cm³/mol. The highest BCUT2D eigenvalue weighted by Crippen LogP contribution is 2.35. The summed E-state index contributed by atoms with van der Waals surface area (Å²) in [5.41, 5.74) is 6.28. The van der Waals surface area contributed by atoms with Gasteiger partial charge in [0.1, 0.15) is 21.5 Å². The number of nitriles is 1. The molecule has 0 unspecified atom stereocenters. The zero-order chi connectivity index (χ0) is 13.7. The van der Waals surface area contributed by atoms with Crippen LogP contribution in [0, 0.1) is 17.2 Å². The van der Waals surface area contributed by atoms with Crippen LogP contribution >= 0.6 is 11.3 Å². The summed E-state index contributed by atoms with van der Waals surface area (Å²) in [4.78, 5) is 12.2. The molecule has 3 N–H and O–H groups in total. The third-order valence-corrected chi connectivity index (χ3v) is 3.27. The number of thiophene rings is 1. The molecule has 0 saturated heterocycles. The van der Waals surface area contributed by atoms with Crippen LogP contribution < -0.4 is 11.1 Å². The number of nitrogens with one attached hydrogen (secondary N) is 1. The van der Waals surface area contributed by atoms with Crippen LogP contribution in [0.25, 0.3) is 0 Å². The van der Waals surface area contributed by atoms with Crippen molar-refractivity contribution in [1.82, 2.24) is 0 Å². The van der Waals surface area contributed by atoms with E-state index in [1.54, 1.807) is 6.92 Å². The van der Waals surface area contributed by atoms with E-state index in [1.165, 1.54) is 11.3 Å². The summed E-state index contributed by atoms with van der Waals surface area (Å²) in [5, 5.41) is 12.7. The van der Waals surface area contributed by atoms with Crippen LogP contribution in [0.1, 0.15) is 36.0 Å². The number of carbonyl (C=O) groups excluding carboxylic acids is 1. The molecule has 0 aliphatic heterocycles. The van der Waals surface area contributed by atoms with Gasteiger partial charge in [0.25, 0.3) is 0 Å². The van der Waals surface area contributed by atoms with Crippen LogP contribution in [0.2, 0.25) is 0 Å². The summed E-state index contributed by atoms with van der Waals surface area (Å²) < 4.78 is 4.95. The van der Waals surface area contributed by atoms with Gasteiger partial charge < -0.3 is 15.8 Å². The van der Waals surface area contributed by atoms with Crippen LogP contribution in [0.4, 0.5) is 10.7 Å². The minimum Gasteiger partial charge on any atom is -0.462 e. The number of nitrogens with two attached hydrogens (primary N) is 1. The number of carbonyl (C=O) groups is 1. The molecule has 0 aliphatic carbocycles. The molecule has 1 aromatic rings. The number of nitrogen functional groups attached to an aromatic ring is 1. The number of rotatable bonds is 5. The number of hydrogen-bond acceptors (Lipinski definition) is 6. The van der Waals surface area contributed by atoms with E-state index in [4.69, 9.17) is 15.7 Å². The van der Waals surface area contributed by atoms with E-state index in [9.17, 15) is 4.79 Å². The van der Waals surface area contributed by atoms with Gasteiger partial charge in [-0.3, -0.25) is 0 Å². The van der Waals surface area contributed by atoms with Crippen LogP contribution in [-0.2, 0) is 4.74 Å². The second-order valence-electron chi connectivity index (χ2n) is 4.16. The Morgan fingerprint density at radius 1 is 1.61 bits per heavy atom. The fourth-order valence-corrected chi connectivity index (χ4v) is 2.27. The van der Waals surface area contributed by atoms with Crippen molar-refractivity contribution in [3.8, 4) is 6.07 Å². The highest BCUT2D eigenvalue weighted by atomic mass is 32.1. The minimum absolute atomic E-state index is 0.201. The molecule has 0 fully saturated rings. The van der Waals surface area contributed by atoms with E-state index in [0.717, 1.165) is 0 Å². The molecule has 0 spiro atoms. The topological polar surface area (TPSA) is 88.1 Å². The number of hydrogen-bond donors (Lipinski definition) is 2. The lowest BCUT2D eigenvalue weighted by Gasteiger charge is -2.09. The lowest BCUT2D eigenvalue weighted by atomic mass is 10.2. The molecule has 0 radical (unpaired) electrons. The molecule has 0 bridgehead atoms. The number of esters is 1. The maximum absolute atomic E-state index is 11.8. The van der Waals surface area contributed by atoms with Crippen molar-refractivity contribution in [2.75, 3.05) is 24.2 Å². The largest absolute Gasteiger partial charge is 0.462 e. The fourth-order valence-electron chi connectivity index (χ4n) is 1.35. The summed E-state index contributed by atoms with van der Waals surface area (Å²) in [7, 11) is 0. The van der Waals surface area contributed by atoms with E-state index in [0.29, 0.717) is 22.3 Å². The summed E-state index contributed by atoms with van der Waals surface area (Å²) in [5.74, 6) is -0.0621. The molecule has 98 valence electrons. The lowest BCUT2D eigenvalue weighted by Crippen LogP contribution is -2.12. The first-order valence-electron chi connectivity index (χ1n) is 5.74. The Morgan fingerprint density at radius 2 is 2.28 bits per heavy atom. The van der Waals surface area contributed by atoms with Crippen LogP contribution in [-0.4, -0.2) is 19.1 Å². The minimum atomic E-state index is -0.487. The Hall–Kier alpha value is -1.74. The second-order valence-corrected chi connectivity index (χ2v) is 5.18. The van der Waals surface area contributed by atoms with Crippen molar-refractivity contribution in [3.05, 3.63) is 10.4 Å². The average molecular weight is 267 g/mol. The Bertz CT molecular complexity index is 474. The zero-order valence-electron chi connectivity index (χ0n) is 10.7. The molecule has 18 heavy (non-hydrogen) atoms. The highest BCUT2D eigenvalue weighted by Gasteiger charge is 2.23. The Balaban J connectivity index is 3.08. The fraction of sp³-hybridized carbons (Fsp3) is 0.500. The normalized spacial score (nSPS) is 10.2. The average Bonchev–Trinajstić information content (AvgIpc) is 2.63. The van der Waals surface area contributed by atoms with E-state index in [2.05, 4.69) is 19.2 Å². The molecule has 0 atom stereocenters. The van der Waals surface area contributed by atoms with E-state index >= 15 is 0 Å². The molecular weight excluding hydrogens is 250 g/mol. The van der Waals surface area contributed by atoms with Gasteiger partial charge in [0.15, 0.2) is 0 Å². The van der Waals surface area contributed by atoms with Gasteiger partial charge in [0.05, 0.1) is 12.3 Å². The smallest absolute Gasteiger partial charge is 0.343 e. The van der Waals surface area contributed by atoms with Crippen LogP contribution in [0.15, 0.2) is 0 Å². The third-order valence-electron chi connectivity index (χ3n) is 2.20. The monoisotopic (exact) mass is 267 g/mol. The first kappa shape index (κ1) is 14.3. The van der Waals surface area contributed by atoms with Crippen molar-refractivity contribution < 1.29 is 9.53 Å². The summed E-state index contributed by atoms with van der Waals surface area (Å²) in [6, 6.07) is 1.99. The van der Waals surface area contributed by atoms with E-state index in [1.807, 2.05) is 6.07 Å². The van der Waals surface area contributed by atoms with Gasteiger partial charge in [0.2, 0.25) is 0 Å². The Kier molecular flexibility index (Phi) is 4.98. The van der Waals surface area contributed by atoms with Gasteiger partial charge in [-0.05, 0) is 12.8 Å². The molecule has 0 aliphatic rings. The van der Waals surface area contributed by atoms with Crippen molar-refractivity contribution >= 4 is 28.0 Å². The van der Waals surface area contributed by atoms with Crippen molar-refractivity contribution in [1.29, 1.82) is 5.26 Å². The predicted octanol–water partition coefficient (Wildman–Crippen LogP) is 2.45. The van der Waals surface area contributed by atoms with Gasteiger partial charge >= 0.3 is 5.97 Å². The molecule has 1 aromatic heterocycles. The van der Waals surface area contributed by atoms with Crippen molar-refractivity contribution in [2.24, 2.45) is 5.92 Å². The highest BCUT2D eigenvalue weighted by molar-refractivity contribution is 7.17. The Labute approximate surface area is 111 Å².